The second-order valence-corrected chi connectivity index (χ2v) is 3.27. The van der Waals surface area contributed by atoms with E-state index in [9.17, 15) is 9.70 Å². The first-order valence-corrected chi connectivity index (χ1v) is 4.32. The van der Waals surface area contributed by atoms with E-state index >= 15 is 0 Å². The average molecular weight is 281 g/mol. The number of carboxylic acids is 1. The van der Waals surface area contributed by atoms with Crippen LogP contribution in [0.3, 0.4) is 0 Å². The zero-order valence-electron chi connectivity index (χ0n) is 6.40. The van der Waals surface area contributed by atoms with Crippen molar-refractivity contribution in [3.05, 3.63) is 26.2 Å². The van der Waals surface area contributed by atoms with Crippen molar-refractivity contribution in [3.63, 3.8) is 0 Å². The quantitative estimate of drug-likeness (QED) is 0.678. The number of hydrogen-bond acceptors (Lipinski definition) is 5. The van der Waals surface area contributed by atoms with Crippen molar-refractivity contribution in [1.82, 2.24) is 4.98 Å². The molecule has 6 nitrogen and oxygen atoms in total. The molecule has 0 aliphatic heterocycles. The van der Waals surface area contributed by atoms with Gasteiger partial charge in [0.25, 0.3) is 5.88 Å². The lowest BCUT2D eigenvalue weighted by Gasteiger charge is -2.03. The standard InChI is InChI=1S/C6H2BrClN2O4/c7-4-3(6(11)12)2(8)1-9-5(4)14-10-13/h1H,(H,11,12). The highest BCUT2D eigenvalue weighted by molar-refractivity contribution is 9.10. The fourth-order valence-corrected chi connectivity index (χ4v) is 1.64. The molecule has 0 aliphatic rings. The van der Waals surface area contributed by atoms with Crippen LogP contribution in [0.4, 0.5) is 0 Å². The third-order valence-electron chi connectivity index (χ3n) is 1.28. The van der Waals surface area contributed by atoms with Gasteiger partial charge in [-0.3, -0.25) is 0 Å². The van der Waals surface area contributed by atoms with Gasteiger partial charge >= 0.3 is 5.97 Å². The van der Waals surface area contributed by atoms with E-state index in [4.69, 9.17) is 16.7 Å². The summed E-state index contributed by atoms with van der Waals surface area (Å²) in [6, 6.07) is 0. The van der Waals surface area contributed by atoms with Crippen LogP contribution >= 0.6 is 27.5 Å². The molecule has 0 radical (unpaired) electrons. The maximum atomic E-state index is 10.7. The molecule has 0 atom stereocenters. The Morgan fingerprint density at radius 3 is 2.86 bits per heavy atom. The number of aromatic carboxylic acids is 1. The molecular formula is C6H2BrClN2O4. The molecule has 1 rings (SSSR count). The van der Waals surface area contributed by atoms with Crippen LogP contribution in [0, 0.1) is 4.91 Å². The van der Waals surface area contributed by atoms with E-state index < -0.39 is 5.97 Å². The monoisotopic (exact) mass is 280 g/mol. The molecule has 0 spiro atoms. The zero-order chi connectivity index (χ0) is 10.7. The molecule has 0 saturated carbocycles. The summed E-state index contributed by atoms with van der Waals surface area (Å²) in [6.45, 7) is 0. The van der Waals surface area contributed by atoms with Crippen LogP contribution in [0.5, 0.6) is 5.88 Å². The van der Waals surface area contributed by atoms with Crippen molar-refractivity contribution in [2.75, 3.05) is 0 Å². The topological polar surface area (TPSA) is 88.9 Å². The van der Waals surface area contributed by atoms with Crippen molar-refractivity contribution in [2.24, 2.45) is 5.34 Å². The van der Waals surface area contributed by atoms with E-state index in [1.54, 1.807) is 0 Å². The SMILES string of the molecule is O=NOc1ncc(Cl)c(C(=O)O)c1Br. The van der Waals surface area contributed by atoms with Crippen molar-refractivity contribution in [1.29, 1.82) is 0 Å². The van der Waals surface area contributed by atoms with Crippen LogP contribution in [0.1, 0.15) is 10.4 Å². The fraction of sp³-hybridized carbons (Fsp3) is 0. The Morgan fingerprint density at radius 2 is 2.36 bits per heavy atom. The molecule has 1 aromatic heterocycles. The van der Waals surface area contributed by atoms with Gasteiger partial charge in [0.05, 0.1) is 21.3 Å². The minimum absolute atomic E-state index is 0.0305. The van der Waals surface area contributed by atoms with Crippen LogP contribution in [0.15, 0.2) is 16.0 Å². The van der Waals surface area contributed by atoms with E-state index in [1.165, 1.54) is 0 Å². The number of carboxylic acid groups (broad SMARTS) is 1. The molecule has 0 bridgehead atoms. The fourth-order valence-electron chi connectivity index (χ4n) is 0.743. The lowest BCUT2D eigenvalue weighted by Crippen LogP contribution is -2.01. The molecule has 1 N–H and O–H groups in total. The van der Waals surface area contributed by atoms with Crippen LogP contribution in [0.2, 0.25) is 5.02 Å². The second kappa shape index (κ2) is 4.34. The molecule has 0 amide bonds. The smallest absolute Gasteiger partial charge is 0.338 e. The highest BCUT2D eigenvalue weighted by atomic mass is 79.9. The summed E-state index contributed by atoms with van der Waals surface area (Å²) >= 11 is 8.44. The number of nitrogens with zero attached hydrogens (tertiary/aromatic N) is 2. The molecule has 74 valence electrons. The summed E-state index contributed by atoms with van der Waals surface area (Å²) in [5, 5.41) is 10.8. The summed E-state index contributed by atoms with van der Waals surface area (Å²) in [6.07, 6.45) is 1.05. The third kappa shape index (κ3) is 1.99. The summed E-state index contributed by atoms with van der Waals surface area (Å²) in [5.74, 6) is -1.51. The maximum absolute atomic E-state index is 10.7. The predicted molar refractivity (Wildman–Crippen MR) is 50.3 cm³/mol. The first-order chi connectivity index (χ1) is 6.57. The first-order valence-electron chi connectivity index (χ1n) is 3.15. The molecule has 0 saturated heterocycles. The van der Waals surface area contributed by atoms with E-state index in [0.717, 1.165) is 6.20 Å². The average Bonchev–Trinajstić information content (AvgIpc) is 2.10. The molecule has 0 aliphatic carbocycles. The number of hydrogen-bond donors (Lipinski definition) is 1. The van der Waals surface area contributed by atoms with Gasteiger partial charge in [0, 0.05) is 0 Å². The molecule has 1 heterocycles. The Labute approximate surface area is 90.9 Å². The highest BCUT2D eigenvalue weighted by Crippen LogP contribution is 2.31. The zero-order valence-corrected chi connectivity index (χ0v) is 8.74. The normalized spacial score (nSPS) is 9.57. The Hall–Kier alpha value is -1.21. The van der Waals surface area contributed by atoms with E-state index in [0.29, 0.717) is 0 Å². The van der Waals surface area contributed by atoms with Crippen molar-refractivity contribution < 1.29 is 14.7 Å². The number of carbonyl (C=O) groups is 1. The lowest BCUT2D eigenvalue weighted by atomic mass is 10.3. The molecule has 0 fully saturated rings. The minimum Gasteiger partial charge on any atom is -0.478 e. The molecule has 8 heteroatoms. The Morgan fingerprint density at radius 1 is 1.71 bits per heavy atom. The summed E-state index contributed by atoms with van der Waals surface area (Å²) < 4.78 is -0.0305. The van der Waals surface area contributed by atoms with Crippen molar-refractivity contribution >= 4 is 33.5 Å². The van der Waals surface area contributed by atoms with Gasteiger partial charge in [0.2, 0.25) is 0 Å². The van der Waals surface area contributed by atoms with E-state index in [1.807, 2.05) is 0 Å². The van der Waals surface area contributed by atoms with Gasteiger partial charge in [-0.05, 0) is 15.9 Å². The molecule has 0 aromatic carbocycles. The number of aromatic nitrogens is 1. The van der Waals surface area contributed by atoms with Gasteiger partial charge in [-0.2, -0.15) is 0 Å². The van der Waals surface area contributed by atoms with Crippen LogP contribution in [0.25, 0.3) is 0 Å². The Bertz CT molecular complexity index is 398. The van der Waals surface area contributed by atoms with Gasteiger partial charge in [-0.25, -0.2) is 9.78 Å². The molecule has 1 aromatic rings. The minimum atomic E-state index is -1.26. The summed E-state index contributed by atoms with van der Waals surface area (Å²) in [4.78, 5) is 28.2. The van der Waals surface area contributed by atoms with Gasteiger partial charge in [-0.1, -0.05) is 11.6 Å². The first kappa shape index (κ1) is 10.9. The van der Waals surface area contributed by atoms with Gasteiger partial charge in [0.15, 0.2) is 5.34 Å². The second-order valence-electron chi connectivity index (χ2n) is 2.07. The van der Waals surface area contributed by atoms with Crippen LogP contribution in [-0.4, -0.2) is 16.1 Å². The number of pyridine rings is 1. The summed E-state index contributed by atoms with van der Waals surface area (Å²) in [7, 11) is 0. The van der Waals surface area contributed by atoms with Gasteiger partial charge < -0.3 is 9.94 Å². The number of halogens is 2. The van der Waals surface area contributed by atoms with Gasteiger partial charge in [-0.15, -0.1) is 4.91 Å². The van der Waals surface area contributed by atoms with E-state index in [2.05, 4.69) is 31.1 Å². The highest BCUT2D eigenvalue weighted by Gasteiger charge is 2.19. The molecule has 0 unspecified atom stereocenters. The van der Waals surface area contributed by atoms with Crippen LogP contribution < -0.4 is 4.84 Å². The number of rotatable bonds is 3. The Kier molecular flexibility index (Phi) is 3.37. The predicted octanol–water partition coefficient (Wildman–Crippen LogP) is 2.26. The van der Waals surface area contributed by atoms with Crippen molar-refractivity contribution in [2.45, 2.75) is 0 Å². The largest absolute Gasteiger partial charge is 0.478 e. The molecular weight excluding hydrogens is 279 g/mol. The van der Waals surface area contributed by atoms with Crippen LogP contribution in [-0.2, 0) is 0 Å². The maximum Gasteiger partial charge on any atom is 0.338 e. The van der Waals surface area contributed by atoms with Gasteiger partial charge in [0.1, 0.15) is 0 Å². The third-order valence-corrected chi connectivity index (χ3v) is 2.30. The van der Waals surface area contributed by atoms with E-state index in [-0.39, 0.29) is 20.9 Å². The van der Waals surface area contributed by atoms with Crippen molar-refractivity contribution in [3.8, 4) is 5.88 Å². The molecule has 14 heavy (non-hydrogen) atoms. The summed E-state index contributed by atoms with van der Waals surface area (Å²) in [5.41, 5.74) is -0.236. The Balaban J connectivity index is 3.32. The lowest BCUT2D eigenvalue weighted by molar-refractivity contribution is 0.0695.